The number of nitrogens with two attached hydrogens (primary N) is 1. The number of carbonyl (C=O) groups is 2. The average Bonchev–Trinajstić information content (AvgIpc) is 3.18. The van der Waals surface area contributed by atoms with E-state index >= 15 is 0 Å². The number of rotatable bonds is 5. The molecule has 3 atom stereocenters. The van der Waals surface area contributed by atoms with E-state index in [1.807, 2.05) is 0 Å². The first-order valence-electron chi connectivity index (χ1n) is 9.47. The van der Waals surface area contributed by atoms with Crippen LogP contribution < -0.4 is 5.73 Å². The summed E-state index contributed by atoms with van der Waals surface area (Å²) in [6.07, 6.45) is -5.96. The van der Waals surface area contributed by atoms with Crippen LogP contribution in [0, 0.1) is 23.4 Å². The van der Waals surface area contributed by atoms with Crippen LogP contribution in [-0.4, -0.2) is 59.5 Å². The van der Waals surface area contributed by atoms with Crippen molar-refractivity contribution in [1.29, 1.82) is 0 Å². The van der Waals surface area contributed by atoms with Crippen molar-refractivity contribution in [2.24, 2.45) is 11.7 Å². The maximum absolute atomic E-state index is 13.8. The summed E-state index contributed by atoms with van der Waals surface area (Å²) >= 11 is 0. The van der Waals surface area contributed by atoms with Gasteiger partial charge in [-0.2, -0.15) is 13.2 Å². The van der Waals surface area contributed by atoms with Gasteiger partial charge >= 0.3 is 6.18 Å². The third-order valence-corrected chi connectivity index (χ3v) is 5.58. The Labute approximate surface area is 168 Å². The molecule has 1 aromatic rings. The maximum Gasteiger partial charge on any atom is 0.397 e. The highest BCUT2D eigenvalue weighted by atomic mass is 19.4. The van der Waals surface area contributed by atoms with Gasteiger partial charge in [-0.15, -0.1) is 0 Å². The monoisotopic (exact) mass is 437 g/mol. The van der Waals surface area contributed by atoms with Gasteiger partial charge in [-0.05, 0) is 24.5 Å². The van der Waals surface area contributed by atoms with Crippen molar-refractivity contribution in [3.05, 3.63) is 35.1 Å². The molecule has 3 rings (SSSR count). The largest absolute Gasteiger partial charge is 0.397 e. The lowest BCUT2D eigenvalue weighted by Crippen LogP contribution is -2.43. The van der Waals surface area contributed by atoms with Gasteiger partial charge in [0.2, 0.25) is 11.8 Å². The number of alkyl halides is 3. The zero-order valence-electron chi connectivity index (χ0n) is 15.9. The molecule has 0 aromatic heterocycles. The number of nitrogens with zero attached hydrogens (tertiary/aromatic N) is 2. The quantitative estimate of drug-likeness (QED) is 0.568. The molecule has 0 aliphatic carbocycles. The highest BCUT2D eigenvalue weighted by Crippen LogP contribution is 2.33. The number of hydrogen-bond acceptors (Lipinski definition) is 3. The van der Waals surface area contributed by atoms with E-state index in [1.165, 1.54) is 4.90 Å². The second kappa shape index (κ2) is 8.44. The van der Waals surface area contributed by atoms with Crippen LogP contribution in [0.4, 0.5) is 26.3 Å². The molecule has 0 spiro atoms. The third kappa shape index (κ3) is 5.05. The molecule has 1 aromatic carbocycles. The van der Waals surface area contributed by atoms with Gasteiger partial charge in [-0.1, -0.05) is 0 Å². The molecular formula is C19H21F6N3O2. The fraction of sp³-hybridized carbons (Fsp3) is 0.579. The molecule has 166 valence electrons. The van der Waals surface area contributed by atoms with Crippen LogP contribution in [0.1, 0.15) is 24.8 Å². The van der Waals surface area contributed by atoms with Crippen LogP contribution in [-0.2, 0) is 16.0 Å². The molecule has 2 amide bonds. The summed E-state index contributed by atoms with van der Waals surface area (Å²) in [5.74, 6) is -5.01. The van der Waals surface area contributed by atoms with Crippen LogP contribution in [0.2, 0.25) is 0 Å². The van der Waals surface area contributed by atoms with E-state index in [9.17, 15) is 35.9 Å². The number of hydrogen-bond donors (Lipinski definition) is 1. The van der Waals surface area contributed by atoms with E-state index < -0.39 is 42.0 Å². The number of benzene rings is 1. The smallest absolute Gasteiger partial charge is 0.340 e. The Bertz CT molecular complexity index is 831. The zero-order valence-corrected chi connectivity index (χ0v) is 15.9. The molecule has 2 N–H and O–H groups in total. The van der Waals surface area contributed by atoms with Crippen molar-refractivity contribution in [3.63, 3.8) is 0 Å². The number of halogens is 6. The molecular weight excluding hydrogens is 416 g/mol. The summed E-state index contributed by atoms with van der Waals surface area (Å²) in [5, 5.41) is 0. The van der Waals surface area contributed by atoms with Gasteiger partial charge in [0.05, 0.1) is 6.04 Å². The van der Waals surface area contributed by atoms with E-state index in [-0.39, 0.29) is 49.4 Å². The average molecular weight is 437 g/mol. The molecule has 0 radical (unpaired) electrons. The normalized spacial score (nSPS) is 22.4. The number of likely N-dealkylation sites (tertiary alicyclic amines) is 2. The van der Waals surface area contributed by atoms with Gasteiger partial charge in [0, 0.05) is 44.1 Å². The Morgan fingerprint density at radius 1 is 1.07 bits per heavy atom. The van der Waals surface area contributed by atoms with Gasteiger partial charge in [-0.3, -0.25) is 9.59 Å². The Morgan fingerprint density at radius 2 is 1.73 bits per heavy atom. The lowest BCUT2D eigenvalue weighted by molar-refractivity contribution is -0.161. The van der Waals surface area contributed by atoms with Crippen molar-refractivity contribution < 1.29 is 35.9 Å². The minimum atomic E-state index is -4.59. The van der Waals surface area contributed by atoms with Crippen LogP contribution in [0.15, 0.2) is 12.1 Å². The molecule has 2 aliphatic heterocycles. The summed E-state index contributed by atoms with van der Waals surface area (Å²) in [7, 11) is 0. The van der Waals surface area contributed by atoms with Gasteiger partial charge in [0.25, 0.3) is 0 Å². The fourth-order valence-corrected chi connectivity index (χ4v) is 4.17. The predicted molar refractivity (Wildman–Crippen MR) is 93.5 cm³/mol. The molecule has 0 saturated carbocycles. The van der Waals surface area contributed by atoms with E-state index in [0.29, 0.717) is 25.1 Å². The molecule has 2 aliphatic rings. The first-order valence-corrected chi connectivity index (χ1v) is 9.47. The number of fused-ring (bicyclic) bond motifs is 1. The summed E-state index contributed by atoms with van der Waals surface area (Å²) in [6, 6.07) is -0.140. The van der Waals surface area contributed by atoms with Crippen LogP contribution >= 0.6 is 0 Å². The Kier molecular flexibility index (Phi) is 6.30. The third-order valence-electron chi connectivity index (χ3n) is 5.58. The maximum atomic E-state index is 13.8. The zero-order chi connectivity index (χ0) is 22.2. The minimum Gasteiger partial charge on any atom is -0.340 e. The first-order chi connectivity index (χ1) is 13.9. The molecule has 2 saturated heterocycles. The minimum absolute atomic E-state index is 0.0262. The van der Waals surface area contributed by atoms with Crippen molar-refractivity contribution >= 4 is 11.8 Å². The number of amides is 2. The molecule has 2 heterocycles. The molecule has 0 bridgehead atoms. The van der Waals surface area contributed by atoms with E-state index in [1.54, 1.807) is 0 Å². The van der Waals surface area contributed by atoms with E-state index in [4.69, 9.17) is 5.73 Å². The summed E-state index contributed by atoms with van der Waals surface area (Å²) < 4.78 is 77.5. The molecule has 11 heteroatoms. The molecule has 5 nitrogen and oxygen atoms in total. The van der Waals surface area contributed by atoms with Crippen LogP contribution in [0.25, 0.3) is 0 Å². The lowest BCUT2D eigenvalue weighted by Gasteiger charge is -2.26. The first kappa shape index (κ1) is 22.4. The van der Waals surface area contributed by atoms with E-state index in [2.05, 4.69) is 0 Å². The van der Waals surface area contributed by atoms with Crippen molar-refractivity contribution in [2.45, 2.75) is 43.9 Å². The van der Waals surface area contributed by atoms with Crippen molar-refractivity contribution in [3.8, 4) is 0 Å². The molecule has 2 fully saturated rings. The Hall–Kier alpha value is -2.30. The van der Waals surface area contributed by atoms with E-state index in [0.717, 1.165) is 4.90 Å². The Balaban J connectivity index is 1.57. The standard InChI is InChI=1S/C19H21F6N3O2/c20-13-6-15(22)14(21)4-11(13)3-12(26)5-17(29)28-2-1-10-8-27(9-16(10)28)18(30)7-19(23,24)25/h4,6,10,12,16H,1-3,5,7-9,26H2/t10?,12-,16-/m1/s1. The van der Waals surface area contributed by atoms with Crippen LogP contribution in [0.3, 0.4) is 0 Å². The summed E-state index contributed by atoms with van der Waals surface area (Å²) in [4.78, 5) is 27.1. The fourth-order valence-electron chi connectivity index (χ4n) is 4.17. The second-order valence-electron chi connectivity index (χ2n) is 7.82. The number of carbonyl (C=O) groups excluding carboxylic acids is 2. The van der Waals surface area contributed by atoms with Gasteiger partial charge in [0.15, 0.2) is 11.6 Å². The lowest BCUT2D eigenvalue weighted by atomic mass is 10.0. The highest BCUT2D eigenvalue weighted by molar-refractivity contribution is 5.79. The second-order valence-corrected chi connectivity index (χ2v) is 7.82. The predicted octanol–water partition coefficient (Wildman–Crippen LogP) is 2.38. The van der Waals surface area contributed by atoms with Gasteiger partial charge in [-0.25, -0.2) is 13.2 Å². The molecule has 30 heavy (non-hydrogen) atoms. The topological polar surface area (TPSA) is 66.6 Å². The van der Waals surface area contributed by atoms with Crippen molar-refractivity contribution in [2.75, 3.05) is 19.6 Å². The Morgan fingerprint density at radius 3 is 2.40 bits per heavy atom. The van der Waals surface area contributed by atoms with Gasteiger partial charge in [0.1, 0.15) is 12.2 Å². The summed E-state index contributed by atoms with van der Waals surface area (Å²) in [6.45, 7) is 0.579. The van der Waals surface area contributed by atoms with Gasteiger partial charge < -0.3 is 15.5 Å². The SMILES string of the molecule is N[C@@H](CC(=O)N1CCC2CN(C(=O)CC(F)(F)F)C[C@H]21)Cc1cc(F)c(F)cc1F. The van der Waals surface area contributed by atoms with Crippen LogP contribution in [0.5, 0.6) is 0 Å². The highest BCUT2D eigenvalue weighted by Gasteiger charge is 2.46. The molecule has 1 unspecified atom stereocenters. The summed E-state index contributed by atoms with van der Waals surface area (Å²) in [5.41, 5.74) is 5.74. The van der Waals surface area contributed by atoms with Crippen molar-refractivity contribution in [1.82, 2.24) is 9.80 Å².